The van der Waals surface area contributed by atoms with Gasteiger partial charge in [0, 0.05) is 48.3 Å². The van der Waals surface area contributed by atoms with Gasteiger partial charge in [-0.05, 0) is 37.8 Å². The maximum atomic E-state index is 12.9. The highest BCUT2D eigenvalue weighted by Crippen LogP contribution is 2.39. The predicted octanol–water partition coefficient (Wildman–Crippen LogP) is 4.84. The molecule has 0 bridgehead atoms. The van der Waals surface area contributed by atoms with E-state index >= 15 is 0 Å². The van der Waals surface area contributed by atoms with Crippen molar-refractivity contribution in [3.63, 3.8) is 0 Å². The first kappa shape index (κ1) is 29.0. The lowest BCUT2D eigenvalue weighted by atomic mass is 9.94. The second-order valence-electron chi connectivity index (χ2n) is 11.4. The summed E-state index contributed by atoms with van der Waals surface area (Å²) < 4.78 is 37.2. The van der Waals surface area contributed by atoms with E-state index in [9.17, 15) is 18.5 Å². The molecule has 0 saturated carbocycles. The number of ether oxygens (including phenoxy) is 2. The standard InChI is InChI=1S/C29H32ClN5O5S/c1-29(2,3)40-28(36)35-14-13-34(16-19(35)11-12-31)26-21-17-39-24(15-23(21)32-27(33-26)41(4,37)38)20-9-5-7-18-8-6-10-22(30)25(18)20/h5-10,19,24H,11,13-17H2,1-4H3/t19-,24-/m0/s1. The summed E-state index contributed by atoms with van der Waals surface area (Å²) in [7, 11) is -3.74. The number of anilines is 1. The Labute approximate surface area is 244 Å². The van der Waals surface area contributed by atoms with Gasteiger partial charge in [0.1, 0.15) is 11.4 Å². The highest BCUT2D eigenvalue weighted by Gasteiger charge is 2.37. The number of aromatic nitrogens is 2. The van der Waals surface area contributed by atoms with Gasteiger partial charge in [-0.1, -0.05) is 41.9 Å². The van der Waals surface area contributed by atoms with Gasteiger partial charge in [0.2, 0.25) is 15.0 Å². The van der Waals surface area contributed by atoms with Gasteiger partial charge < -0.3 is 19.3 Å². The molecule has 10 nitrogen and oxygen atoms in total. The molecule has 2 aliphatic rings. The van der Waals surface area contributed by atoms with Crippen molar-refractivity contribution in [1.82, 2.24) is 14.9 Å². The molecule has 0 spiro atoms. The van der Waals surface area contributed by atoms with E-state index < -0.39 is 33.7 Å². The molecule has 5 rings (SSSR count). The highest BCUT2D eigenvalue weighted by molar-refractivity contribution is 7.90. The fourth-order valence-electron chi connectivity index (χ4n) is 5.34. The van der Waals surface area contributed by atoms with Crippen molar-refractivity contribution in [2.45, 2.75) is 63.1 Å². The number of hydrogen-bond acceptors (Lipinski definition) is 9. The molecule has 1 aromatic heterocycles. The summed E-state index contributed by atoms with van der Waals surface area (Å²) in [6.45, 7) is 6.47. The van der Waals surface area contributed by atoms with Crippen molar-refractivity contribution in [2.24, 2.45) is 0 Å². The van der Waals surface area contributed by atoms with E-state index in [0.717, 1.165) is 22.6 Å². The number of rotatable bonds is 4. The molecule has 2 aliphatic heterocycles. The zero-order valence-corrected chi connectivity index (χ0v) is 25.0. The van der Waals surface area contributed by atoms with Gasteiger partial charge in [-0.2, -0.15) is 5.26 Å². The number of carbonyl (C=O) groups excluding carboxylic acids is 1. The number of halogens is 1. The van der Waals surface area contributed by atoms with E-state index in [2.05, 4.69) is 16.0 Å². The topological polar surface area (TPSA) is 126 Å². The van der Waals surface area contributed by atoms with Crippen LogP contribution in [0.15, 0.2) is 41.6 Å². The lowest BCUT2D eigenvalue weighted by Gasteiger charge is -2.42. The van der Waals surface area contributed by atoms with Crippen LogP contribution in [0, 0.1) is 11.3 Å². The van der Waals surface area contributed by atoms with Gasteiger partial charge in [0.05, 0.1) is 36.9 Å². The lowest BCUT2D eigenvalue weighted by molar-refractivity contribution is 0.0140. The van der Waals surface area contributed by atoms with E-state index in [4.69, 9.17) is 21.1 Å². The number of piperazine rings is 1. The Morgan fingerprint density at radius 2 is 1.93 bits per heavy atom. The summed E-state index contributed by atoms with van der Waals surface area (Å²) in [6, 6.07) is 13.3. The second-order valence-corrected chi connectivity index (χ2v) is 13.7. The quantitative estimate of drug-likeness (QED) is 0.388. The molecule has 216 valence electrons. The van der Waals surface area contributed by atoms with Crippen LogP contribution >= 0.6 is 11.6 Å². The first-order chi connectivity index (χ1) is 19.4. The minimum atomic E-state index is -3.74. The molecule has 2 atom stereocenters. The molecule has 2 aromatic carbocycles. The van der Waals surface area contributed by atoms with Crippen LogP contribution in [0.5, 0.6) is 0 Å². The molecule has 41 heavy (non-hydrogen) atoms. The number of benzene rings is 2. The van der Waals surface area contributed by atoms with Crippen LogP contribution in [0.1, 0.15) is 50.1 Å². The molecule has 3 aromatic rings. The minimum Gasteiger partial charge on any atom is -0.444 e. The van der Waals surface area contributed by atoms with Crippen molar-refractivity contribution in [3.8, 4) is 6.07 Å². The van der Waals surface area contributed by atoms with E-state index in [1.54, 1.807) is 25.7 Å². The van der Waals surface area contributed by atoms with Crippen molar-refractivity contribution < 1.29 is 22.7 Å². The lowest BCUT2D eigenvalue weighted by Crippen LogP contribution is -2.56. The smallest absolute Gasteiger partial charge is 0.410 e. The van der Waals surface area contributed by atoms with E-state index in [1.165, 1.54) is 0 Å². The van der Waals surface area contributed by atoms with Crippen molar-refractivity contribution >= 4 is 44.1 Å². The fraction of sp³-hybridized carbons (Fsp3) is 0.448. The Morgan fingerprint density at radius 1 is 1.20 bits per heavy atom. The molecule has 0 radical (unpaired) electrons. The van der Waals surface area contributed by atoms with Crippen LogP contribution in [0.3, 0.4) is 0 Å². The van der Waals surface area contributed by atoms with Gasteiger partial charge in [-0.25, -0.2) is 23.2 Å². The molecule has 12 heteroatoms. The zero-order valence-electron chi connectivity index (χ0n) is 23.4. The summed E-state index contributed by atoms with van der Waals surface area (Å²) in [5.41, 5.74) is 1.51. The van der Waals surface area contributed by atoms with Crippen LogP contribution in [-0.4, -0.2) is 66.9 Å². The molecular weight excluding hydrogens is 566 g/mol. The van der Waals surface area contributed by atoms with Crippen LogP contribution in [0.2, 0.25) is 5.02 Å². The maximum absolute atomic E-state index is 12.9. The van der Waals surface area contributed by atoms with E-state index in [0.29, 0.717) is 35.1 Å². The molecular formula is C29H32ClN5O5S. The number of hydrogen-bond donors (Lipinski definition) is 0. The first-order valence-electron chi connectivity index (χ1n) is 13.4. The largest absolute Gasteiger partial charge is 0.444 e. The van der Waals surface area contributed by atoms with E-state index in [1.807, 2.05) is 41.3 Å². The first-order valence-corrected chi connectivity index (χ1v) is 15.6. The number of fused-ring (bicyclic) bond motifs is 2. The van der Waals surface area contributed by atoms with Crippen molar-refractivity contribution in [3.05, 3.63) is 58.2 Å². The normalized spacial score (nSPS) is 19.5. The highest BCUT2D eigenvalue weighted by atomic mass is 35.5. The number of nitrogens with zero attached hydrogens (tertiary/aromatic N) is 5. The SMILES string of the molecule is CC(C)(C)OC(=O)N1CCN(c2nc(S(C)(=O)=O)nc3c2CO[C@H](c2cccc4cccc(Cl)c24)C3)C[C@@H]1CC#N. The number of amides is 1. The van der Waals surface area contributed by atoms with Crippen LogP contribution < -0.4 is 4.90 Å². The monoisotopic (exact) mass is 597 g/mol. The molecule has 0 unspecified atom stereocenters. The Balaban J connectivity index is 1.50. The van der Waals surface area contributed by atoms with Gasteiger partial charge >= 0.3 is 6.09 Å². The Kier molecular flexibility index (Phi) is 7.85. The maximum Gasteiger partial charge on any atom is 0.410 e. The summed E-state index contributed by atoms with van der Waals surface area (Å²) in [6.07, 6.45) is 0.619. The zero-order chi connectivity index (χ0) is 29.5. The van der Waals surface area contributed by atoms with Crippen LogP contribution in [0.4, 0.5) is 10.6 Å². The predicted molar refractivity (Wildman–Crippen MR) is 155 cm³/mol. The Hall–Kier alpha value is -3.46. The van der Waals surface area contributed by atoms with Gasteiger partial charge in [0.25, 0.3) is 0 Å². The van der Waals surface area contributed by atoms with Crippen LogP contribution in [-0.2, 0) is 32.3 Å². The second kappa shape index (κ2) is 11.1. The number of sulfone groups is 1. The van der Waals surface area contributed by atoms with Gasteiger partial charge in [-0.15, -0.1) is 0 Å². The third-order valence-corrected chi connectivity index (χ3v) is 8.32. The molecule has 1 saturated heterocycles. The summed E-state index contributed by atoms with van der Waals surface area (Å²) in [5.74, 6) is 0.441. The van der Waals surface area contributed by atoms with Gasteiger partial charge in [0.15, 0.2) is 0 Å². The molecule has 0 aliphatic carbocycles. The summed E-state index contributed by atoms with van der Waals surface area (Å²) >= 11 is 6.58. The average molecular weight is 598 g/mol. The average Bonchev–Trinajstić information content (AvgIpc) is 2.90. The van der Waals surface area contributed by atoms with E-state index in [-0.39, 0.29) is 31.3 Å². The Bertz CT molecular complexity index is 1640. The summed E-state index contributed by atoms with van der Waals surface area (Å²) in [5, 5.41) is 11.7. The molecule has 0 N–H and O–H groups in total. The third kappa shape index (κ3) is 6.10. The van der Waals surface area contributed by atoms with Crippen molar-refractivity contribution in [1.29, 1.82) is 5.26 Å². The van der Waals surface area contributed by atoms with Gasteiger partial charge in [-0.3, -0.25) is 0 Å². The third-order valence-electron chi connectivity index (χ3n) is 7.16. The fourth-order valence-corrected chi connectivity index (χ4v) is 6.16. The molecule has 1 fully saturated rings. The summed E-state index contributed by atoms with van der Waals surface area (Å²) in [4.78, 5) is 25.3. The molecule has 3 heterocycles. The molecule has 1 amide bonds. The number of carbonyl (C=O) groups is 1. The Morgan fingerprint density at radius 3 is 2.61 bits per heavy atom. The number of nitriles is 1. The minimum absolute atomic E-state index is 0.0857. The van der Waals surface area contributed by atoms with Crippen LogP contribution in [0.25, 0.3) is 10.8 Å². The van der Waals surface area contributed by atoms with Crippen molar-refractivity contribution in [2.75, 3.05) is 30.8 Å².